The fourth-order valence-corrected chi connectivity index (χ4v) is 2.46. The van der Waals surface area contributed by atoms with Crippen molar-refractivity contribution in [1.29, 1.82) is 0 Å². The molecule has 0 aromatic carbocycles. The summed E-state index contributed by atoms with van der Waals surface area (Å²) in [6.45, 7) is 2.02. The molecular formula is C13H15NO5S. The molecule has 6 nitrogen and oxygen atoms in total. The van der Waals surface area contributed by atoms with Crippen LogP contribution in [0.2, 0.25) is 0 Å². The smallest absolute Gasteiger partial charge is 0.328 e. The van der Waals surface area contributed by atoms with Gasteiger partial charge in [0.05, 0.1) is 31.5 Å². The van der Waals surface area contributed by atoms with Gasteiger partial charge in [0, 0.05) is 22.9 Å². The standard InChI is InChI=1S/C13H15NO5S/c15-12(16)2-1-11-5-9(8-20-11)13(17)14-6-10-7-18-3-4-19-10/h1-2,5,8,10H,3-4,6-7H2,(H,14,17)(H,15,16). The Kier molecular flexibility index (Phi) is 5.28. The predicted octanol–water partition coefficient (Wildman–Crippen LogP) is 0.991. The van der Waals surface area contributed by atoms with Crippen molar-refractivity contribution in [2.45, 2.75) is 6.10 Å². The monoisotopic (exact) mass is 297 g/mol. The van der Waals surface area contributed by atoms with E-state index < -0.39 is 5.97 Å². The number of carbonyl (C=O) groups excluding carboxylic acids is 1. The molecule has 1 aliphatic rings. The summed E-state index contributed by atoms with van der Waals surface area (Å²) in [5.74, 6) is -1.22. The predicted molar refractivity (Wildman–Crippen MR) is 73.9 cm³/mol. The summed E-state index contributed by atoms with van der Waals surface area (Å²) >= 11 is 1.31. The molecule has 7 heteroatoms. The summed E-state index contributed by atoms with van der Waals surface area (Å²) in [6, 6.07) is 1.65. The summed E-state index contributed by atoms with van der Waals surface area (Å²) in [5.41, 5.74) is 0.511. The van der Waals surface area contributed by atoms with E-state index in [4.69, 9.17) is 14.6 Å². The second kappa shape index (κ2) is 7.18. The van der Waals surface area contributed by atoms with Gasteiger partial charge in [-0.15, -0.1) is 11.3 Å². The molecule has 2 N–H and O–H groups in total. The number of carboxylic acids is 1. The van der Waals surface area contributed by atoms with Crippen molar-refractivity contribution in [2.75, 3.05) is 26.4 Å². The van der Waals surface area contributed by atoms with Gasteiger partial charge in [0.1, 0.15) is 0 Å². The Hall–Kier alpha value is -1.70. The quantitative estimate of drug-likeness (QED) is 0.792. The molecule has 2 heterocycles. The number of rotatable bonds is 5. The lowest BCUT2D eigenvalue weighted by Gasteiger charge is -2.22. The minimum absolute atomic E-state index is 0.113. The van der Waals surface area contributed by atoms with Crippen LogP contribution in [0, 0.1) is 0 Å². The summed E-state index contributed by atoms with van der Waals surface area (Å²) in [6.07, 6.45) is 2.39. The molecule has 1 atom stereocenters. The molecule has 2 rings (SSSR count). The Morgan fingerprint density at radius 2 is 2.35 bits per heavy atom. The number of nitrogens with one attached hydrogen (secondary N) is 1. The van der Waals surface area contributed by atoms with Crippen molar-refractivity contribution in [2.24, 2.45) is 0 Å². The average Bonchev–Trinajstić information content (AvgIpc) is 2.92. The van der Waals surface area contributed by atoms with Crippen LogP contribution in [-0.4, -0.2) is 49.5 Å². The van der Waals surface area contributed by atoms with Gasteiger partial charge < -0.3 is 19.9 Å². The first-order chi connectivity index (χ1) is 9.65. The lowest BCUT2D eigenvalue weighted by atomic mass is 10.2. The van der Waals surface area contributed by atoms with E-state index in [1.807, 2.05) is 0 Å². The van der Waals surface area contributed by atoms with E-state index >= 15 is 0 Å². The van der Waals surface area contributed by atoms with E-state index in [0.29, 0.717) is 31.9 Å². The molecule has 1 fully saturated rings. The maximum Gasteiger partial charge on any atom is 0.328 e. The van der Waals surface area contributed by atoms with Crippen molar-refractivity contribution >= 4 is 29.3 Å². The van der Waals surface area contributed by atoms with Crippen molar-refractivity contribution in [1.82, 2.24) is 5.32 Å². The SMILES string of the molecule is O=C(O)C=Cc1cc(C(=O)NCC2COCCO2)cs1. The Morgan fingerprint density at radius 1 is 1.50 bits per heavy atom. The van der Waals surface area contributed by atoms with Gasteiger partial charge in [-0.1, -0.05) is 0 Å². The molecule has 1 amide bonds. The molecule has 108 valence electrons. The van der Waals surface area contributed by atoms with Crippen molar-refractivity contribution in [3.05, 3.63) is 28.0 Å². The Bertz CT molecular complexity index is 505. The molecular weight excluding hydrogens is 282 g/mol. The second-order valence-corrected chi connectivity index (χ2v) is 5.13. The Balaban J connectivity index is 1.84. The lowest BCUT2D eigenvalue weighted by molar-refractivity contribution is -0.131. The van der Waals surface area contributed by atoms with Gasteiger partial charge in [-0.25, -0.2) is 4.79 Å². The highest BCUT2D eigenvalue weighted by Gasteiger charge is 2.16. The topological polar surface area (TPSA) is 84.9 Å². The van der Waals surface area contributed by atoms with Crippen LogP contribution in [0.5, 0.6) is 0 Å². The number of hydrogen-bond donors (Lipinski definition) is 2. The number of ether oxygens (including phenoxy) is 2. The van der Waals surface area contributed by atoms with Crippen LogP contribution < -0.4 is 5.32 Å². The Labute approximate surface area is 120 Å². The van der Waals surface area contributed by atoms with E-state index in [1.165, 1.54) is 17.4 Å². The Morgan fingerprint density at radius 3 is 3.05 bits per heavy atom. The minimum Gasteiger partial charge on any atom is -0.478 e. The molecule has 0 spiro atoms. The fourth-order valence-electron chi connectivity index (χ4n) is 1.68. The minimum atomic E-state index is -1.01. The van der Waals surface area contributed by atoms with E-state index in [9.17, 15) is 9.59 Å². The normalized spacial score (nSPS) is 19.1. The van der Waals surface area contributed by atoms with Crippen LogP contribution in [0.25, 0.3) is 6.08 Å². The van der Waals surface area contributed by atoms with Gasteiger partial charge in [-0.3, -0.25) is 4.79 Å². The number of aliphatic carboxylic acids is 1. The van der Waals surface area contributed by atoms with Crippen LogP contribution in [0.4, 0.5) is 0 Å². The number of amides is 1. The van der Waals surface area contributed by atoms with Crippen LogP contribution in [0.15, 0.2) is 17.5 Å². The van der Waals surface area contributed by atoms with Crippen LogP contribution in [-0.2, 0) is 14.3 Å². The highest BCUT2D eigenvalue weighted by Crippen LogP contribution is 2.16. The third-order valence-corrected chi connectivity index (χ3v) is 3.55. The molecule has 1 aromatic rings. The molecule has 1 aliphatic heterocycles. The van der Waals surface area contributed by atoms with Gasteiger partial charge in [0.2, 0.25) is 0 Å². The van der Waals surface area contributed by atoms with E-state index in [1.54, 1.807) is 11.4 Å². The zero-order valence-corrected chi connectivity index (χ0v) is 11.5. The van der Waals surface area contributed by atoms with Crippen molar-refractivity contribution in [3.63, 3.8) is 0 Å². The molecule has 0 aliphatic carbocycles. The molecule has 20 heavy (non-hydrogen) atoms. The summed E-state index contributed by atoms with van der Waals surface area (Å²) in [4.78, 5) is 23.0. The summed E-state index contributed by atoms with van der Waals surface area (Å²) < 4.78 is 10.7. The van der Waals surface area contributed by atoms with Gasteiger partial charge in [0.15, 0.2) is 0 Å². The van der Waals surface area contributed by atoms with E-state index in [2.05, 4.69) is 5.32 Å². The van der Waals surface area contributed by atoms with Gasteiger partial charge in [0.25, 0.3) is 5.91 Å². The zero-order valence-electron chi connectivity index (χ0n) is 10.7. The van der Waals surface area contributed by atoms with Gasteiger partial charge in [-0.2, -0.15) is 0 Å². The van der Waals surface area contributed by atoms with Crippen molar-refractivity contribution in [3.8, 4) is 0 Å². The van der Waals surface area contributed by atoms with E-state index in [0.717, 1.165) is 11.0 Å². The number of carboxylic acid groups (broad SMARTS) is 1. The highest BCUT2D eigenvalue weighted by atomic mass is 32.1. The number of hydrogen-bond acceptors (Lipinski definition) is 5. The lowest BCUT2D eigenvalue weighted by Crippen LogP contribution is -2.39. The molecule has 0 bridgehead atoms. The highest BCUT2D eigenvalue weighted by molar-refractivity contribution is 7.11. The first kappa shape index (κ1) is 14.7. The third-order valence-electron chi connectivity index (χ3n) is 2.65. The fraction of sp³-hybridized carbons (Fsp3) is 0.385. The first-order valence-corrected chi connectivity index (χ1v) is 7.00. The molecule has 1 unspecified atom stereocenters. The number of thiophene rings is 1. The molecule has 0 saturated carbocycles. The van der Waals surface area contributed by atoms with Crippen molar-refractivity contribution < 1.29 is 24.2 Å². The van der Waals surface area contributed by atoms with Crippen LogP contribution >= 0.6 is 11.3 Å². The van der Waals surface area contributed by atoms with Crippen LogP contribution in [0.1, 0.15) is 15.2 Å². The van der Waals surface area contributed by atoms with Gasteiger partial charge >= 0.3 is 5.97 Å². The van der Waals surface area contributed by atoms with Crippen LogP contribution in [0.3, 0.4) is 0 Å². The summed E-state index contributed by atoms with van der Waals surface area (Å²) in [7, 11) is 0. The molecule has 1 aromatic heterocycles. The average molecular weight is 297 g/mol. The summed E-state index contributed by atoms with van der Waals surface area (Å²) in [5, 5.41) is 13.0. The maximum absolute atomic E-state index is 11.9. The molecule has 1 saturated heterocycles. The first-order valence-electron chi connectivity index (χ1n) is 6.12. The molecule has 0 radical (unpaired) electrons. The maximum atomic E-state index is 11.9. The van der Waals surface area contributed by atoms with E-state index in [-0.39, 0.29) is 12.0 Å². The largest absolute Gasteiger partial charge is 0.478 e. The van der Waals surface area contributed by atoms with Gasteiger partial charge in [-0.05, 0) is 12.1 Å². The third kappa shape index (κ3) is 4.44. The zero-order chi connectivity index (χ0) is 14.4. The second-order valence-electron chi connectivity index (χ2n) is 4.19. The number of carbonyl (C=O) groups is 2.